The molecule has 0 saturated carbocycles. The molecule has 0 aliphatic rings. The minimum atomic E-state index is 0.657. The Hall–Kier alpha value is -0.930. The van der Waals surface area contributed by atoms with Crippen molar-refractivity contribution in [2.45, 2.75) is 52.7 Å². The molecule has 0 radical (unpaired) electrons. The van der Waals surface area contributed by atoms with E-state index in [9.17, 15) is 0 Å². The number of aromatic nitrogens is 1. The van der Waals surface area contributed by atoms with E-state index >= 15 is 0 Å². The molecule has 1 rings (SSSR count). The maximum atomic E-state index is 4.70. The van der Waals surface area contributed by atoms with Crippen LogP contribution < -0.4 is 5.32 Å². The second-order valence-corrected chi connectivity index (χ2v) is 4.79. The van der Waals surface area contributed by atoms with Crippen LogP contribution in [0.2, 0.25) is 0 Å². The minimum Gasteiger partial charge on any atom is -0.311 e. The van der Waals surface area contributed by atoms with E-state index in [-0.39, 0.29) is 0 Å². The van der Waals surface area contributed by atoms with Gasteiger partial charge in [-0.25, -0.2) is 0 Å². The second-order valence-electron chi connectivity index (χ2n) is 4.79. The van der Waals surface area contributed by atoms with Crippen molar-refractivity contribution in [1.29, 1.82) is 0 Å². The van der Waals surface area contributed by atoms with Crippen molar-refractivity contribution in [2.75, 3.05) is 13.6 Å². The van der Waals surface area contributed by atoms with E-state index < -0.39 is 0 Å². The molecule has 3 heteroatoms. The maximum Gasteiger partial charge on any atom is 0.0547 e. The first-order chi connectivity index (χ1) is 8.71. The molecule has 0 aromatic carbocycles. The van der Waals surface area contributed by atoms with Gasteiger partial charge in [-0.05, 0) is 38.6 Å². The predicted molar refractivity (Wildman–Crippen MR) is 77.5 cm³/mol. The summed E-state index contributed by atoms with van der Waals surface area (Å²) in [5.41, 5.74) is 2.30. The number of pyridine rings is 1. The van der Waals surface area contributed by atoms with Crippen molar-refractivity contribution in [3.63, 3.8) is 0 Å². The van der Waals surface area contributed by atoms with Crippen LogP contribution in [0.4, 0.5) is 0 Å². The summed E-state index contributed by atoms with van der Waals surface area (Å²) >= 11 is 0. The van der Waals surface area contributed by atoms with Gasteiger partial charge in [-0.3, -0.25) is 9.88 Å². The van der Waals surface area contributed by atoms with Crippen LogP contribution in [-0.4, -0.2) is 29.5 Å². The first-order valence-corrected chi connectivity index (χ1v) is 7.06. The van der Waals surface area contributed by atoms with Crippen LogP contribution >= 0.6 is 0 Å². The Labute approximate surface area is 112 Å². The summed E-state index contributed by atoms with van der Waals surface area (Å²) < 4.78 is 0. The van der Waals surface area contributed by atoms with Crippen LogP contribution in [0, 0.1) is 0 Å². The molecular formula is C15H27N3. The number of nitrogens with one attached hydrogen (secondary N) is 1. The van der Waals surface area contributed by atoms with Crippen LogP contribution in [0.25, 0.3) is 0 Å². The molecule has 0 unspecified atom stereocenters. The molecule has 3 nitrogen and oxygen atoms in total. The number of hydrogen-bond donors (Lipinski definition) is 1. The van der Waals surface area contributed by atoms with E-state index in [1.165, 1.54) is 18.5 Å². The average Bonchev–Trinajstić information content (AvgIpc) is 2.38. The summed E-state index contributed by atoms with van der Waals surface area (Å²) in [5.74, 6) is 0. The molecule has 1 heterocycles. The van der Waals surface area contributed by atoms with E-state index in [2.05, 4.69) is 56.2 Å². The van der Waals surface area contributed by atoms with E-state index in [0.29, 0.717) is 6.04 Å². The molecule has 1 aromatic heterocycles. The van der Waals surface area contributed by atoms with E-state index in [1.807, 2.05) is 0 Å². The van der Waals surface area contributed by atoms with Gasteiger partial charge in [0.05, 0.1) is 11.4 Å². The zero-order chi connectivity index (χ0) is 13.4. The van der Waals surface area contributed by atoms with Gasteiger partial charge >= 0.3 is 0 Å². The van der Waals surface area contributed by atoms with Crippen LogP contribution in [0.5, 0.6) is 0 Å². The Morgan fingerprint density at radius 3 is 2.44 bits per heavy atom. The predicted octanol–water partition coefficient (Wildman–Crippen LogP) is 2.81. The van der Waals surface area contributed by atoms with Crippen LogP contribution in [0.1, 0.15) is 45.0 Å². The van der Waals surface area contributed by atoms with Crippen molar-refractivity contribution in [2.24, 2.45) is 0 Å². The van der Waals surface area contributed by atoms with Crippen LogP contribution in [0.15, 0.2) is 18.2 Å². The van der Waals surface area contributed by atoms with Gasteiger partial charge < -0.3 is 5.32 Å². The van der Waals surface area contributed by atoms with Gasteiger partial charge in [0, 0.05) is 19.1 Å². The lowest BCUT2D eigenvalue weighted by molar-refractivity contribution is 0.219. The molecule has 0 atom stereocenters. The first-order valence-electron chi connectivity index (χ1n) is 7.06. The Bertz CT molecular complexity index is 334. The third-order valence-corrected chi connectivity index (χ3v) is 3.40. The van der Waals surface area contributed by atoms with E-state index in [0.717, 1.165) is 25.3 Å². The fourth-order valence-electron chi connectivity index (χ4n) is 2.27. The smallest absolute Gasteiger partial charge is 0.0547 e. The summed E-state index contributed by atoms with van der Waals surface area (Å²) in [4.78, 5) is 7.10. The zero-order valence-corrected chi connectivity index (χ0v) is 12.2. The van der Waals surface area contributed by atoms with E-state index in [4.69, 9.17) is 4.98 Å². The standard InChI is InChI=1S/C15H27N3/c1-5-15(6-2)18(4)12-14-10-8-9-13(17-14)11-16-7-3/h8-10,15-16H,5-7,11-12H2,1-4H3. The van der Waals surface area contributed by atoms with Gasteiger partial charge in [0.15, 0.2) is 0 Å². The van der Waals surface area contributed by atoms with Crippen molar-refractivity contribution in [3.05, 3.63) is 29.6 Å². The van der Waals surface area contributed by atoms with Gasteiger partial charge in [-0.2, -0.15) is 0 Å². The molecule has 0 bridgehead atoms. The highest BCUT2D eigenvalue weighted by Gasteiger charge is 2.11. The third-order valence-electron chi connectivity index (χ3n) is 3.40. The summed E-state index contributed by atoms with van der Waals surface area (Å²) in [7, 11) is 2.19. The maximum absolute atomic E-state index is 4.70. The van der Waals surface area contributed by atoms with Crippen molar-refractivity contribution in [1.82, 2.24) is 15.2 Å². The molecule has 1 N–H and O–H groups in total. The van der Waals surface area contributed by atoms with Gasteiger partial charge in [0.2, 0.25) is 0 Å². The molecule has 0 aliphatic heterocycles. The summed E-state index contributed by atoms with van der Waals surface area (Å²) in [6.07, 6.45) is 2.40. The lowest BCUT2D eigenvalue weighted by atomic mass is 10.1. The Balaban J connectivity index is 2.60. The summed E-state index contributed by atoms with van der Waals surface area (Å²) in [6.45, 7) is 9.40. The molecule has 0 aliphatic carbocycles. The minimum absolute atomic E-state index is 0.657. The first kappa shape index (κ1) is 15.1. The number of hydrogen-bond acceptors (Lipinski definition) is 3. The molecular weight excluding hydrogens is 222 g/mol. The Morgan fingerprint density at radius 1 is 1.17 bits per heavy atom. The highest BCUT2D eigenvalue weighted by atomic mass is 15.1. The van der Waals surface area contributed by atoms with Gasteiger partial charge in [0.1, 0.15) is 0 Å². The average molecular weight is 249 g/mol. The SMILES string of the molecule is CCNCc1cccc(CN(C)C(CC)CC)n1. The van der Waals surface area contributed by atoms with Crippen molar-refractivity contribution in [3.8, 4) is 0 Å². The molecule has 0 amide bonds. The largest absolute Gasteiger partial charge is 0.311 e. The Kier molecular flexibility index (Phi) is 6.91. The third kappa shape index (κ3) is 4.75. The fourth-order valence-corrected chi connectivity index (χ4v) is 2.27. The fraction of sp³-hybridized carbons (Fsp3) is 0.667. The molecule has 0 saturated heterocycles. The highest BCUT2D eigenvalue weighted by molar-refractivity contribution is 5.11. The lowest BCUT2D eigenvalue weighted by Crippen LogP contribution is -2.30. The molecule has 1 aromatic rings. The van der Waals surface area contributed by atoms with Gasteiger partial charge in [-0.15, -0.1) is 0 Å². The summed E-state index contributed by atoms with van der Waals surface area (Å²) in [6, 6.07) is 6.97. The normalized spacial score (nSPS) is 11.4. The molecule has 102 valence electrons. The Morgan fingerprint density at radius 2 is 1.83 bits per heavy atom. The van der Waals surface area contributed by atoms with Gasteiger partial charge in [-0.1, -0.05) is 26.8 Å². The van der Waals surface area contributed by atoms with Crippen LogP contribution in [-0.2, 0) is 13.1 Å². The molecule has 0 fully saturated rings. The second kappa shape index (κ2) is 8.22. The number of rotatable bonds is 8. The highest BCUT2D eigenvalue weighted by Crippen LogP contribution is 2.10. The van der Waals surface area contributed by atoms with Crippen LogP contribution in [0.3, 0.4) is 0 Å². The van der Waals surface area contributed by atoms with E-state index in [1.54, 1.807) is 0 Å². The number of nitrogens with zero attached hydrogens (tertiary/aromatic N) is 2. The monoisotopic (exact) mass is 249 g/mol. The lowest BCUT2D eigenvalue weighted by Gasteiger charge is -2.25. The van der Waals surface area contributed by atoms with Crippen molar-refractivity contribution >= 4 is 0 Å². The zero-order valence-electron chi connectivity index (χ0n) is 12.2. The topological polar surface area (TPSA) is 28.2 Å². The quantitative estimate of drug-likeness (QED) is 0.768. The molecule has 18 heavy (non-hydrogen) atoms. The molecule has 0 spiro atoms. The van der Waals surface area contributed by atoms with Crippen molar-refractivity contribution < 1.29 is 0 Å². The van der Waals surface area contributed by atoms with Gasteiger partial charge in [0.25, 0.3) is 0 Å². The summed E-state index contributed by atoms with van der Waals surface area (Å²) in [5, 5.41) is 3.31.